The van der Waals surface area contributed by atoms with Gasteiger partial charge in [0.15, 0.2) is 0 Å². The van der Waals surface area contributed by atoms with Crippen LogP contribution in [0, 0.1) is 5.92 Å². The third-order valence-corrected chi connectivity index (χ3v) is 3.90. The van der Waals surface area contributed by atoms with Crippen LogP contribution in [0.25, 0.3) is 0 Å². The molecular weight excluding hydrogens is 202 g/mol. The van der Waals surface area contributed by atoms with Gasteiger partial charge in [-0.05, 0) is 25.8 Å². The molecule has 2 aliphatic heterocycles. The molecule has 2 atom stereocenters. The van der Waals surface area contributed by atoms with Crippen LogP contribution in [0.4, 0.5) is 0 Å². The maximum atomic E-state index is 9.26. The first-order chi connectivity index (χ1) is 7.88. The average molecular weight is 221 g/mol. The average Bonchev–Trinajstić information content (AvgIpc) is 2.96. The third kappa shape index (κ3) is 1.66. The molecule has 0 saturated carbocycles. The Bertz CT molecular complexity index is 368. The van der Waals surface area contributed by atoms with Gasteiger partial charge in [-0.15, -0.1) is 0 Å². The monoisotopic (exact) mass is 221 g/mol. The van der Waals surface area contributed by atoms with Crippen LogP contribution in [0.15, 0.2) is 6.20 Å². The summed E-state index contributed by atoms with van der Waals surface area (Å²) in [7, 11) is 0. The van der Waals surface area contributed by atoms with Gasteiger partial charge < -0.3 is 15.0 Å². The number of nitrogens with one attached hydrogen (secondary N) is 1. The Morgan fingerprint density at radius 3 is 3.19 bits per heavy atom. The van der Waals surface area contributed by atoms with Crippen molar-refractivity contribution in [2.75, 3.05) is 19.7 Å². The summed E-state index contributed by atoms with van der Waals surface area (Å²) >= 11 is 0. The molecule has 0 radical (unpaired) electrons. The minimum atomic E-state index is 0.306. The first-order valence-corrected chi connectivity index (χ1v) is 6.24. The van der Waals surface area contributed by atoms with Gasteiger partial charge >= 0.3 is 0 Å². The Hall–Kier alpha value is -0.870. The molecule has 4 nitrogen and oxygen atoms in total. The predicted molar refractivity (Wildman–Crippen MR) is 61.4 cm³/mol. The van der Waals surface area contributed by atoms with Crippen molar-refractivity contribution in [2.24, 2.45) is 5.92 Å². The fraction of sp³-hybridized carbons (Fsp3) is 0.750. The second-order valence-electron chi connectivity index (χ2n) is 5.00. The highest BCUT2D eigenvalue weighted by Crippen LogP contribution is 2.27. The quantitative estimate of drug-likeness (QED) is 0.765. The Morgan fingerprint density at radius 2 is 2.44 bits per heavy atom. The van der Waals surface area contributed by atoms with E-state index in [-0.39, 0.29) is 0 Å². The lowest BCUT2D eigenvalue weighted by Crippen LogP contribution is -2.25. The second-order valence-corrected chi connectivity index (χ2v) is 5.00. The Morgan fingerprint density at radius 1 is 1.50 bits per heavy atom. The summed E-state index contributed by atoms with van der Waals surface area (Å²) in [6, 6.07) is 0. The van der Waals surface area contributed by atoms with Crippen LogP contribution in [0.3, 0.4) is 0 Å². The normalized spacial score (nSPS) is 29.3. The molecule has 16 heavy (non-hydrogen) atoms. The largest absolute Gasteiger partial charge is 0.396 e. The number of hydrogen-bond donors (Lipinski definition) is 2. The van der Waals surface area contributed by atoms with Gasteiger partial charge in [-0.1, -0.05) is 0 Å². The maximum Gasteiger partial charge on any atom is 0.113 e. The third-order valence-electron chi connectivity index (χ3n) is 3.90. The van der Waals surface area contributed by atoms with Gasteiger partial charge in [0, 0.05) is 43.4 Å². The summed E-state index contributed by atoms with van der Waals surface area (Å²) in [6.07, 6.45) is 5.39. The number of rotatable bonds is 2. The van der Waals surface area contributed by atoms with Crippen LogP contribution in [-0.2, 0) is 13.0 Å². The van der Waals surface area contributed by atoms with Gasteiger partial charge in [0.05, 0.1) is 0 Å². The molecule has 0 amide bonds. The number of hydrogen-bond acceptors (Lipinski definition) is 3. The van der Waals surface area contributed by atoms with E-state index < -0.39 is 0 Å². The van der Waals surface area contributed by atoms with Gasteiger partial charge in [-0.3, -0.25) is 0 Å². The molecule has 2 aliphatic rings. The number of aromatic nitrogens is 2. The second kappa shape index (κ2) is 4.18. The fourth-order valence-electron chi connectivity index (χ4n) is 2.89. The molecule has 1 saturated heterocycles. The first kappa shape index (κ1) is 10.3. The van der Waals surface area contributed by atoms with E-state index in [1.165, 1.54) is 17.9 Å². The van der Waals surface area contributed by atoms with Crippen molar-refractivity contribution in [1.82, 2.24) is 14.9 Å². The Labute approximate surface area is 95.7 Å². The highest BCUT2D eigenvalue weighted by molar-refractivity contribution is 5.13. The van der Waals surface area contributed by atoms with Crippen molar-refractivity contribution in [3.8, 4) is 0 Å². The first-order valence-electron chi connectivity index (χ1n) is 6.24. The minimum Gasteiger partial charge on any atom is -0.396 e. The van der Waals surface area contributed by atoms with E-state index in [1.54, 1.807) is 0 Å². The molecule has 0 spiro atoms. The van der Waals surface area contributed by atoms with Gasteiger partial charge in [0.1, 0.15) is 5.82 Å². The van der Waals surface area contributed by atoms with Gasteiger partial charge in [0.2, 0.25) is 0 Å². The van der Waals surface area contributed by atoms with E-state index in [1.807, 2.05) is 6.20 Å². The van der Waals surface area contributed by atoms with Crippen molar-refractivity contribution >= 4 is 0 Å². The lowest BCUT2D eigenvalue weighted by atomic mass is 9.98. The van der Waals surface area contributed by atoms with Crippen molar-refractivity contribution in [3.63, 3.8) is 0 Å². The molecule has 2 unspecified atom stereocenters. The van der Waals surface area contributed by atoms with E-state index in [0.717, 1.165) is 32.5 Å². The van der Waals surface area contributed by atoms with Crippen LogP contribution in [0.1, 0.15) is 30.3 Å². The van der Waals surface area contributed by atoms with E-state index in [2.05, 4.69) is 14.9 Å². The summed E-state index contributed by atoms with van der Waals surface area (Å²) in [5.74, 6) is 2.24. The fourth-order valence-corrected chi connectivity index (χ4v) is 2.89. The summed E-state index contributed by atoms with van der Waals surface area (Å²) in [5, 5.41) is 12.7. The van der Waals surface area contributed by atoms with Crippen molar-refractivity contribution in [2.45, 2.75) is 31.7 Å². The molecule has 0 aromatic carbocycles. The lowest BCUT2D eigenvalue weighted by Gasteiger charge is -2.25. The molecule has 1 fully saturated rings. The molecule has 1 aromatic rings. The zero-order valence-corrected chi connectivity index (χ0v) is 9.52. The number of nitrogens with zero attached hydrogens (tertiary/aromatic N) is 2. The summed E-state index contributed by atoms with van der Waals surface area (Å²) in [5.41, 5.74) is 1.35. The summed E-state index contributed by atoms with van der Waals surface area (Å²) < 4.78 is 2.35. The van der Waals surface area contributed by atoms with Crippen LogP contribution in [-0.4, -0.2) is 34.4 Å². The van der Waals surface area contributed by atoms with E-state index in [9.17, 15) is 5.11 Å². The van der Waals surface area contributed by atoms with E-state index in [4.69, 9.17) is 0 Å². The number of aliphatic hydroxyl groups is 1. The van der Waals surface area contributed by atoms with Crippen LogP contribution >= 0.6 is 0 Å². The van der Waals surface area contributed by atoms with E-state index >= 15 is 0 Å². The number of fused-ring (bicyclic) bond motifs is 1. The highest BCUT2D eigenvalue weighted by atomic mass is 16.3. The summed E-state index contributed by atoms with van der Waals surface area (Å²) in [4.78, 5) is 4.59. The van der Waals surface area contributed by atoms with Crippen LogP contribution < -0.4 is 5.32 Å². The topological polar surface area (TPSA) is 50.1 Å². The van der Waals surface area contributed by atoms with Gasteiger partial charge in [-0.2, -0.15) is 0 Å². The molecule has 4 heteroatoms. The summed E-state index contributed by atoms with van der Waals surface area (Å²) in [6.45, 7) is 3.42. The smallest absolute Gasteiger partial charge is 0.113 e. The molecular formula is C12H19N3O. The molecule has 2 N–H and O–H groups in total. The van der Waals surface area contributed by atoms with E-state index in [0.29, 0.717) is 18.4 Å². The van der Waals surface area contributed by atoms with Gasteiger partial charge in [0.25, 0.3) is 0 Å². The van der Waals surface area contributed by atoms with Crippen molar-refractivity contribution in [3.05, 3.63) is 17.7 Å². The molecule has 3 rings (SSSR count). The molecule has 3 heterocycles. The number of aliphatic hydroxyl groups excluding tert-OH is 1. The Balaban J connectivity index is 1.87. The van der Waals surface area contributed by atoms with Gasteiger partial charge in [-0.25, -0.2) is 4.98 Å². The minimum absolute atomic E-state index is 0.306. The number of imidazole rings is 1. The maximum absolute atomic E-state index is 9.26. The SMILES string of the molecule is OCC1CCc2cnc(C3CCNC3)n2C1. The van der Waals surface area contributed by atoms with Crippen LogP contribution in [0.5, 0.6) is 0 Å². The molecule has 88 valence electrons. The standard InChI is InChI=1S/C12H19N3O/c16-8-9-1-2-11-6-14-12(15(11)7-9)10-3-4-13-5-10/h6,9-10,13,16H,1-5,7-8H2. The van der Waals surface area contributed by atoms with Crippen LogP contribution in [0.2, 0.25) is 0 Å². The molecule has 1 aromatic heterocycles. The Kier molecular flexibility index (Phi) is 2.69. The lowest BCUT2D eigenvalue weighted by molar-refractivity contribution is 0.190. The van der Waals surface area contributed by atoms with Crippen molar-refractivity contribution in [1.29, 1.82) is 0 Å². The zero-order chi connectivity index (χ0) is 11.0. The van der Waals surface area contributed by atoms with Crippen molar-refractivity contribution < 1.29 is 5.11 Å². The molecule has 0 bridgehead atoms. The zero-order valence-electron chi connectivity index (χ0n) is 9.52. The number of aryl methyl sites for hydroxylation is 1. The highest BCUT2D eigenvalue weighted by Gasteiger charge is 2.26. The predicted octanol–water partition coefficient (Wildman–Crippen LogP) is 0.515. The molecule has 0 aliphatic carbocycles.